The number of hydrogen-bond donors (Lipinski definition) is 0. The van der Waals surface area contributed by atoms with E-state index in [2.05, 4.69) is 48.4 Å². The first-order chi connectivity index (χ1) is 15.1. The number of carbonyl (C=O) groups is 1. The molecule has 4 nitrogen and oxygen atoms in total. The van der Waals surface area contributed by atoms with Crippen molar-refractivity contribution in [1.82, 2.24) is 14.5 Å². The third kappa shape index (κ3) is 4.99. The Kier molecular flexibility index (Phi) is 7.35. The molecule has 1 aromatic carbocycles. The Bertz CT molecular complexity index is 872. The molecule has 170 valence electrons. The van der Waals surface area contributed by atoms with Crippen LogP contribution in [-0.2, 0) is 11.3 Å². The number of fused-ring (bicyclic) bond motifs is 1. The highest BCUT2D eigenvalue weighted by Crippen LogP contribution is 2.38. The van der Waals surface area contributed by atoms with Gasteiger partial charge < -0.3 is 9.47 Å². The van der Waals surface area contributed by atoms with Crippen LogP contribution in [-0.4, -0.2) is 32.9 Å². The summed E-state index contributed by atoms with van der Waals surface area (Å²) in [5, 5.41) is 0. The van der Waals surface area contributed by atoms with Crippen LogP contribution in [0.1, 0.15) is 102 Å². The summed E-state index contributed by atoms with van der Waals surface area (Å²) in [7, 11) is 0. The fourth-order valence-corrected chi connectivity index (χ4v) is 6.02. The molecule has 0 N–H and O–H groups in total. The van der Waals surface area contributed by atoms with Crippen molar-refractivity contribution in [2.24, 2.45) is 5.92 Å². The molecule has 0 bridgehead atoms. The molecule has 1 aromatic heterocycles. The van der Waals surface area contributed by atoms with Crippen molar-refractivity contribution in [3.05, 3.63) is 29.6 Å². The number of amides is 1. The van der Waals surface area contributed by atoms with Crippen molar-refractivity contribution in [2.45, 2.75) is 110 Å². The van der Waals surface area contributed by atoms with E-state index < -0.39 is 0 Å². The van der Waals surface area contributed by atoms with Crippen LogP contribution >= 0.6 is 0 Å². The molecular formula is C27H41N3O. The van der Waals surface area contributed by atoms with Crippen LogP contribution in [0.25, 0.3) is 11.0 Å². The number of imidazole rings is 1. The van der Waals surface area contributed by atoms with Gasteiger partial charge in [0.05, 0.1) is 11.0 Å². The summed E-state index contributed by atoms with van der Waals surface area (Å²) < 4.78 is 2.39. The largest absolute Gasteiger partial charge is 0.340 e. The maximum Gasteiger partial charge on any atom is 0.224 e. The number of aryl methyl sites for hydroxylation is 2. The van der Waals surface area contributed by atoms with E-state index in [0.29, 0.717) is 24.3 Å². The SMILES string of the molecule is CCC1CCC(c2nc3cc(C)ccc3n2CCC(=O)N(CC)C2CCCCC2)CC1. The highest BCUT2D eigenvalue weighted by Gasteiger charge is 2.28. The normalized spacial score (nSPS) is 22.7. The summed E-state index contributed by atoms with van der Waals surface area (Å²) in [5.41, 5.74) is 3.55. The van der Waals surface area contributed by atoms with Gasteiger partial charge in [0.15, 0.2) is 0 Å². The zero-order chi connectivity index (χ0) is 21.8. The smallest absolute Gasteiger partial charge is 0.224 e. The summed E-state index contributed by atoms with van der Waals surface area (Å²) in [6, 6.07) is 7.05. The zero-order valence-corrected chi connectivity index (χ0v) is 19.9. The predicted octanol–water partition coefficient (Wildman–Crippen LogP) is 6.60. The summed E-state index contributed by atoms with van der Waals surface area (Å²) in [6.45, 7) is 8.18. The maximum atomic E-state index is 13.2. The standard InChI is InChI=1S/C27H41N3O/c1-4-21-12-14-22(15-13-21)27-28-24-19-20(3)11-16-25(24)30(27)18-17-26(31)29(5-2)23-9-7-6-8-10-23/h11,16,19,21-23H,4-10,12-15,17-18H2,1-3H3. The molecule has 0 saturated heterocycles. The van der Waals surface area contributed by atoms with Crippen LogP contribution in [0.3, 0.4) is 0 Å². The highest BCUT2D eigenvalue weighted by atomic mass is 16.2. The molecule has 2 fully saturated rings. The van der Waals surface area contributed by atoms with Gasteiger partial charge in [0.25, 0.3) is 0 Å². The van der Waals surface area contributed by atoms with Crippen molar-refractivity contribution in [1.29, 1.82) is 0 Å². The Hall–Kier alpha value is -1.84. The number of rotatable bonds is 7. The third-order valence-corrected chi connectivity index (χ3v) is 7.95. The summed E-state index contributed by atoms with van der Waals surface area (Å²) in [4.78, 5) is 20.5. The number of carbonyl (C=O) groups excluding carboxylic acids is 1. The number of nitrogens with zero attached hydrogens (tertiary/aromatic N) is 3. The zero-order valence-electron chi connectivity index (χ0n) is 19.9. The van der Waals surface area contributed by atoms with Gasteiger partial charge in [-0.2, -0.15) is 0 Å². The quantitative estimate of drug-likeness (QED) is 0.503. The van der Waals surface area contributed by atoms with Crippen LogP contribution in [0.4, 0.5) is 0 Å². The fraction of sp³-hybridized carbons (Fsp3) is 0.704. The molecule has 2 saturated carbocycles. The fourth-order valence-electron chi connectivity index (χ4n) is 6.02. The van der Waals surface area contributed by atoms with E-state index in [9.17, 15) is 4.79 Å². The lowest BCUT2D eigenvalue weighted by atomic mass is 9.80. The lowest BCUT2D eigenvalue weighted by Crippen LogP contribution is -2.41. The number of benzene rings is 1. The van der Waals surface area contributed by atoms with Crippen LogP contribution in [0.2, 0.25) is 0 Å². The van der Waals surface area contributed by atoms with Gasteiger partial charge in [0.1, 0.15) is 5.82 Å². The minimum atomic E-state index is 0.323. The Morgan fingerprint density at radius 3 is 2.48 bits per heavy atom. The van der Waals surface area contributed by atoms with E-state index in [-0.39, 0.29) is 0 Å². The third-order valence-electron chi connectivity index (χ3n) is 7.95. The Labute approximate surface area is 188 Å². The molecule has 4 heteroatoms. The van der Waals surface area contributed by atoms with Crippen molar-refractivity contribution in [2.75, 3.05) is 6.54 Å². The van der Waals surface area contributed by atoms with Crippen LogP contribution < -0.4 is 0 Å². The van der Waals surface area contributed by atoms with Gasteiger partial charge in [0.2, 0.25) is 5.91 Å². The minimum Gasteiger partial charge on any atom is -0.340 e. The van der Waals surface area contributed by atoms with E-state index in [0.717, 1.165) is 24.5 Å². The molecule has 2 aromatic rings. The molecule has 0 atom stereocenters. The molecule has 0 spiro atoms. The second-order valence-corrected chi connectivity index (χ2v) is 9.96. The molecular weight excluding hydrogens is 382 g/mol. The van der Waals surface area contributed by atoms with E-state index in [4.69, 9.17) is 4.98 Å². The monoisotopic (exact) mass is 423 g/mol. The van der Waals surface area contributed by atoms with E-state index in [1.54, 1.807) is 0 Å². The van der Waals surface area contributed by atoms with Crippen molar-refractivity contribution in [3.63, 3.8) is 0 Å². The van der Waals surface area contributed by atoms with Gasteiger partial charge in [0, 0.05) is 31.5 Å². The van der Waals surface area contributed by atoms with Gasteiger partial charge >= 0.3 is 0 Å². The van der Waals surface area contributed by atoms with Crippen molar-refractivity contribution >= 4 is 16.9 Å². The Morgan fingerprint density at radius 2 is 1.81 bits per heavy atom. The first kappa shape index (κ1) is 22.4. The first-order valence-electron chi connectivity index (χ1n) is 12.9. The predicted molar refractivity (Wildman–Crippen MR) is 128 cm³/mol. The molecule has 2 aliphatic rings. The molecule has 31 heavy (non-hydrogen) atoms. The van der Waals surface area contributed by atoms with Crippen molar-refractivity contribution < 1.29 is 4.79 Å². The van der Waals surface area contributed by atoms with E-state index in [1.165, 1.54) is 81.1 Å². The minimum absolute atomic E-state index is 0.323. The van der Waals surface area contributed by atoms with Gasteiger partial charge in [-0.25, -0.2) is 4.98 Å². The van der Waals surface area contributed by atoms with Gasteiger partial charge in [-0.3, -0.25) is 4.79 Å². The van der Waals surface area contributed by atoms with Crippen LogP contribution in [0.5, 0.6) is 0 Å². The summed E-state index contributed by atoms with van der Waals surface area (Å²) in [5.74, 6) is 2.96. The number of hydrogen-bond acceptors (Lipinski definition) is 2. The average molecular weight is 424 g/mol. The summed E-state index contributed by atoms with van der Waals surface area (Å²) in [6.07, 6.45) is 13.2. The molecule has 1 heterocycles. The maximum absolute atomic E-state index is 13.2. The molecule has 0 unspecified atom stereocenters. The van der Waals surface area contributed by atoms with Crippen LogP contribution in [0.15, 0.2) is 18.2 Å². The molecule has 0 aliphatic heterocycles. The lowest BCUT2D eigenvalue weighted by molar-refractivity contribution is -0.134. The van der Waals surface area contributed by atoms with Crippen LogP contribution in [0, 0.1) is 12.8 Å². The average Bonchev–Trinajstić information content (AvgIpc) is 3.16. The highest BCUT2D eigenvalue weighted by molar-refractivity contribution is 5.79. The molecule has 4 rings (SSSR count). The Balaban J connectivity index is 1.53. The lowest BCUT2D eigenvalue weighted by Gasteiger charge is -2.34. The summed E-state index contributed by atoms with van der Waals surface area (Å²) >= 11 is 0. The molecule has 0 radical (unpaired) electrons. The van der Waals surface area contributed by atoms with Gasteiger partial charge in [-0.05, 0) is 76.0 Å². The molecule has 2 aliphatic carbocycles. The topological polar surface area (TPSA) is 38.1 Å². The second kappa shape index (κ2) is 10.2. The van der Waals surface area contributed by atoms with Gasteiger partial charge in [-0.15, -0.1) is 0 Å². The van der Waals surface area contributed by atoms with Crippen molar-refractivity contribution in [3.8, 4) is 0 Å². The number of aromatic nitrogens is 2. The second-order valence-electron chi connectivity index (χ2n) is 9.96. The first-order valence-corrected chi connectivity index (χ1v) is 12.9. The molecule has 1 amide bonds. The van der Waals surface area contributed by atoms with E-state index in [1.807, 2.05) is 0 Å². The van der Waals surface area contributed by atoms with E-state index >= 15 is 0 Å². The Morgan fingerprint density at radius 1 is 1.06 bits per heavy atom. The van der Waals surface area contributed by atoms with Gasteiger partial charge in [-0.1, -0.05) is 38.7 Å².